The minimum absolute atomic E-state index is 0.0826. The van der Waals surface area contributed by atoms with Crippen LogP contribution in [0.3, 0.4) is 0 Å². The van der Waals surface area contributed by atoms with Gasteiger partial charge in [0.05, 0.1) is 5.54 Å². The van der Waals surface area contributed by atoms with Gasteiger partial charge in [-0.15, -0.1) is 0 Å². The van der Waals surface area contributed by atoms with E-state index in [1.54, 1.807) is 26.0 Å². The molecular formula is C12H16F2N2O2. The van der Waals surface area contributed by atoms with Gasteiger partial charge in [0, 0.05) is 6.54 Å². The van der Waals surface area contributed by atoms with Crippen molar-refractivity contribution >= 4 is 5.91 Å². The van der Waals surface area contributed by atoms with Gasteiger partial charge in [-0.25, -0.2) is 0 Å². The normalized spacial score (nSPS) is 11.4. The Hall–Kier alpha value is -1.69. The molecule has 0 aromatic heterocycles. The summed E-state index contributed by atoms with van der Waals surface area (Å²) in [4.78, 5) is 11.5. The molecule has 0 radical (unpaired) electrons. The van der Waals surface area contributed by atoms with Crippen LogP contribution in [-0.2, 0) is 11.3 Å². The Morgan fingerprint density at radius 1 is 1.39 bits per heavy atom. The quantitative estimate of drug-likeness (QED) is 0.844. The predicted molar refractivity (Wildman–Crippen MR) is 63.2 cm³/mol. The topological polar surface area (TPSA) is 64.4 Å². The van der Waals surface area contributed by atoms with E-state index in [0.29, 0.717) is 0 Å². The Balaban J connectivity index is 2.52. The lowest BCUT2D eigenvalue weighted by Crippen LogP contribution is -2.48. The third-order valence-corrected chi connectivity index (χ3v) is 2.19. The highest BCUT2D eigenvalue weighted by Gasteiger charge is 2.20. The Labute approximate surface area is 104 Å². The summed E-state index contributed by atoms with van der Waals surface area (Å²) in [7, 11) is 0. The van der Waals surface area contributed by atoms with Gasteiger partial charge in [0.15, 0.2) is 0 Å². The maximum atomic E-state index is 11.9. The van der Waals surface area contributed by atoms with Crippen LogP contribution in [0.2, 0.25) is 0 Å². The Morgan fingerprint density at radius 3 is 2.39 bits per heavy atom. The van der Waals surface area contributed by atoms with Crippen LogP contribution in [0, 0.1) is 0 Å². The zero-order valence-electron chi connectivity index (χ0n) is 10.2. The summed E-state index contributed by atoms with van der Waals surface area (Å²) < 4.78 is 28.0. The highest BCUT2D eigenvalue weighted by atomic mass is 19.3. The van der Waals surface area contributed by atoms with E-state index in [4.69, 9.17) is 5.73 Å². The fourth-order valence-electron chi connectivity index (χ4n) is 1.20. The molecule has 4 nitrogen and oxygen atoms in total. The van der Waals surface area contributed by atoms with Crippen molar-refractivity contribution in [2.24, 2.45) is 5.73 Å². The number of nitrogens with one attached hydrogen (secondary N) is 1. The van der Waals surface area contributed by atoms with Crippen molar-refractivity contribution in [1.29, 1.82) is 0 Å². The summed E-state index contributed by atoms with van der Waals surface area (Å²) in [6.07, 6.45) is 0. The van der Waals surface area contributed by atoms with E-state index in [0.717, 1.165) is 5.56 Å². The van der Waals surface area contributed by atoms with Gasteiger partial charge in [0.1, 0.15) is 5.75 Å². The minimum Gasteiger partial charge on any atom is -0.435 e. The predicted octanol–water partition coefficient (Wildman–Crippen LogP) is 1.64. The fraction of sp³-hybridized carbons (Fsp3) is 0.417. The van der Waals surface area contributed by atoms with Crippen LogP contribution in [0.25, 0.3) is 0 Å². The van der Waals surface area contributed by atoms with Crippen LogP contribution in [0.5, 0.6) is 5.75 Å². The summed E-state index contributed by atoms with van der Waals surface area (Å²) in [6, 6.07) is 6.03. The van der Waals surface area contributed by atoms with Crippen LogP contribution >= 0.6 is 0 Å². The Morgan fingerprint density at radius 2 is 1.94 bits per heavy atom. The second-order valence-electron chi connectivity index (χ2n) is 4.43. The van der Waals surface area contributed by atoms with Crippen LogP contribution in [0.15, 0.2) is 24.3 Å². The summed E-state index contributed by atoms with van der Waals surface area (Å²) in [5.41, 5.74) is 5.43. The van der Waals surface area contributed by atoms with Crippen LogP contribution < -0.4 is 15.8 Å². The summed E-state index contributed by atoms with van der Waals surface area (Å²) in [5, 5.41) is 2.65. The van der Waals surface area contributed by atoms with Gasteiger partial charge < -0.3 is 15.8 Å². The average molecular weight is 258 g/mol. The molecule has 0 heterocycles. The highest BCUT2D eigenvalue weighted by molar-refractivity contribution is 5.84. The van der Waals surface area contributed by atoms with Crippen LogP contribution in [0.1, 0.15) is 19.4 Å². The Kier molecular flexibility index (Phi) is 4.61. The summed E-state index contributed by atoms with van der Waals surface area (Å²) in [6.45, 7) is 0.645. The molecule has 1 amide bonds. The van der Waals surface area contributed by atoms with Crippen molar-refractivity contribution in [3.05, 3.63) is 29.8 Å². The van der Waals surface area contributed by atoms with Gasteiger partial charge >= 0.3 is 6.61 Å². The van der Waals surface area contributed by atoms with E-state index < -0.39 is 12.2 Å². The second kappa shape index (κ2) is 5.77. The van der Waals surface area contributed by atoms with Crippen LogP contribution in [-0.4, -0.2) is 18.1 Å². The maximum Gasteiger partial charge on any atom is 0.387 e. The van der Waals surface area contributed by atoms with Crippen molar-refractivity contribution in [3.8, 4) is 5.75 Å². The second-order valence-corrected chi connectivity index (χ2v) is 4.43. The number of carbonyl (C=O) groups excluding carboxylic acids is 1. The van der Waals surface area contributed by atoms with Gasteiger partial charge in [-0.05, 0) is 31.5 Å². The first kappa shape index (κ1) is 14.4. The van der Waals surface area contributed by atoms with E-state index in [-0.39, 0.29) is 18.2 Å². The lowest BCUT2D eigenvalue weighted by atomic mass is 10.1. The van der Waals surface area contributed by atoms with Crippen LogP contribution in [0.4, 0.5) is 8.78 Å². The molecule has 0 saturated heterocycles. The first-order chi connectivity index (χ1) is 8.29. The Bertz CT molecular complexity index is 400. The summed E-state index contributed by atoms with van der Waals surface area (Å²) >= 11 is 0. The number of halogens is 2. The number of nitrogens with two attached hydrogens (primary N) is 1. The molecule has 0 aliphatic carbocycles. The fourth-order valence-corrected chi connectivity index (χ4v) is 1.20. The molecule has 0 fully saturated rings. The minimum atomic E-state index is -2.84. The lowest BCUT2D eigenvalue weighted by Gasteiger charge is -2.17. The van der Waals surface area contributed by atoms with E-state index in [1.165, 1.54) is 12.1 Å². The maximum absolute atomic E-state index is 11.9. The first-order valence-corrected chi connectivity index (χ1v) is 5.40. The third-order valence-electron chi connectivity index (χ3n) is 2.19. The molecule has 0 bridgehead atoms. The van der Waals surface area contributed by atoms with Gasteiger partial charge in [0.2, 0.25) is 5.91 Å². The van der Waals surface area contributed by atoms with Gasteiger partial charge in [-0.3, -0.25) is 4.79 Å². The molecule has 0 unspecified atom stereocenters. The van der Waals surface area contributed by atoms with Crippen molar-refractivity contribution in [1.82, 2.24) is 5.32 Å². The zero-order valence-corrected chi connectivity index (χ0v) is 10.2. The van der Waals surface area contributed by atoms with Gasteiger partial charge in [-0.2, -0.15) is 8.78 Å². The standard InChI is InChI=1S/C12H16F2N2O2/c1-12(2,15)10(17)16-7-8-3-5-9(6-4-8)18-11(13)14/h3-6,11H,7,15H2,1-2H3,(H,16,17). The number of benzene rings is 1. The number of amides is 1. The molecule has 6 heteroatoms. The van der Waals surface area contributed by atoms with E-state index in [1.807, 2.05) is 0 Å². The van der Waals surface area contributed by atoms with Gasteiger partial charge in [-0.1, -0.05) is 12.1 Å². The molecule has 3 N–H and O–H groups in total. The molecule has 100 valence electrons. The molecular weight excluding hydrogens is 242 g/mol. The first-order valence-electron chi connectivity index (χ1n) is 5.40. The van der Waals surface area contributed by atoms with Gasteiger partial charge in [0.25, 0.3) is 0 Å². The van der Waals surface area contributed by atoms with Crippen molar-refractivity contribution in [2.45, 2.75) is 32.5 Å². The number of alkyl halides is 2. The van der Waals surface area contributed by atoms with E-state index in [2.05, 4.69) is 10.1 Å². The summed E-state index contributed by atoms with van der Waals surface area (Å²) in [5.74, 6) is -0.199. The lowest BCUT2D eigenvalue weighted by molar-refractivity contribution is -0.125. The average Bonchev–Trinajstić information content (AvgIpc) is 2.25. The monoisotopic (exact) mass is 258 g/mol. The van der Waals surface area contributed by atoms with Crippen molar-refractivity contribution in [3.63, 3.8) is 0 Å². The van der Waals surface area contributed by atoms with Crippen molar-refractivity contribution < 1.29 is 18.3 Å². The molecule has 0 saturated carbocycles. The number of rotatable bonds is 5. The number of hydrogen-bond donors (Lipinski definition) is 2. The zero-order chi connectivity index (χ0) is 13.8. The molecule has 0 atom stereocenters. The molecule has 1 aromatic carbocycles. The van der Waals surface area contributed by atoms with E-state index >= 15 is 0 Å². The third kappa shape index (κ3) is 4.67. The number of hydrogen-bond acceptors (Lipinski definition) is 3. The largest absolute Gasteiger partial charge is 0.435 e. The highest BCUT2D eigenvalue weighted by Crippen LogP contribution is 2.14. The molecule has 1 rings (SSSR count). The molecule has 1 aromatic rings. The number of carbonyl (C=O) groups is 1. The molecule has 0 spiro atoms. The van der Waals surface area contributed by atoms with Crippen molar-refractivity contribution in [2.75, 3.05) is 0 Å². The SMILES string of the molecule is CC(C)(N)C(=O)NCc1ccc(OC(F)F)cc1. The van der Waals surface area contributed by atoms with E-state index in [9.17, 15) is 13.6 Å². The molecule has 0 aliphatic rings. The number of ether oxygens (including phenoxy) is 1. The molecule has 0 aliphatic heterocycles. The smallest absolute Gasteiger partial charge is 0.387 e. The molecule has 18 heavy (non-hydrogen) atoms.